The van der Waals surface area contributed by atoms with Crippen LogP contribution in [0.1, 0.15) is 13.3 Å². The molecule has 0 aliphatic rings. The minimum atomic E-state index is 0.105. The smallest absolute Gasteiger partial charge is 0.219 e. The highest BCUT2D eigenvalue weighted by atomic mass is 16.2. The first-order valence-corrected chi connectivity index (χ1v) is 2.69. The minimum absolute atomic E-state index is 0.105. The average molecular weight is 114 g/mol. The Morgan fingerprint density at radius 2 is 2.25 bits per heavy atom. The van der Waals surface area contributed by atoms with Crippen LogP contribution in [0, 0.1) is 6.92 Å². The van der Waals surface area contributed by atoms with Crippen molar-refractivity contribution in [3.8, 4) is 0 Å². The third-order valence-corrected chi connectivity index (χ3v) is 1.03. The molecule has 0 aromatic heterocycles. The Morgan fingerprint density at radius 1 is 1.75 bits per heavy atom. The lowest BCUT2D eigenvalue weighted by Crippen LogP contribution is -2.24. The number of carbonyl (C=O) groups is 1. The first-order chi connectivity index (χ1) is 3.68. The fourth-order valence-electron chi connectivity index (χ4n) is 0.395. The number of rotatable bonds is 2. The van der Waals surface area contributed by atoms with Crippen LogP contribution in [0.3, 0.4) is 0 Å². The minimum Gasteiger partial charge on any atom is -0.346 e. The predicted molar refractivity (Wildman–Crippen MR) is 33.3 cm³/mol. The molecule has 0 atom stereocenters. The molecule has 0 N–H and O–H groups in total. The summed E-state index contributed by atoms with van der Waals surface area (Å²) in [5, 5.41) is 0. The summed E-state index contributed by atoms with van der Waals surface area (Å²) in [4.78, 5) is 12.1. The van der Waals surface area contributed by atoms with Crippen molar-refractivity contribution in [3.05, 3.63) is 6.92 Å². The van der Waals surface area contributed by atoms with Crippen LogP contribution in [0.5, 0.6) is 0 Å². The van der Waals surface area contributed by atoms with Crippen LogP contribution in [0.15, 0.2) is 0 Å². The quantitative estimate of drug-likeness (QED) is 0.517. The normalized spacial score (nSPS) is 8.88. The van der Waals surface area contributed by atoms with Gasteiger partial charge in [0.05, 0.1) is 0 Å². The van der Waals surface area contributed by atoms with E-state index in [1.165, 1.54) is 0 Å². The molecule has 0 saturated carbocycles. The molecule has 1 amide bonds. The maximum atomic E-state index is 10.4. The van der Waals surface area contributed by atoms with Gasteiger partial charge < -0.3 is 4.90 Å². The van der Waals surface area contributed by atoms with Gasteiger partial charge in [-0.3, -0.25) is 4.79 Å². The number of hydrogen-bond donors (Lipinski definition) is 0. The molecule has 0 aliphatic heterocycles. The average Bonchev–Trinajstić information content (AvgIpc) is 1.67. The molecule has 0 heterocycles. The highest BCUT2D eigenvalue weighted by Gasteiger charge is 1.96. The van der Waals surface area contributed by atoms with Gasteiger partial charge in [0.25, 0.3) is 0 Å². The summed E-state index contributed by atoms with van der Waals surface area (Å²) in [6.07, 6.45) is 0.788. The summed E-state index contributed by atoms with van der Waals surface area (Å²) in [6.45, 7) is 5.92. The van der Waals surface area contributed by atoms with Crippen LogP contribution < -0.4 is 0 Å². The SMILES string of the molecule is [CH2]CCN(C)C(C)=O. The van der Waals surface area contributed by atoms with Crippen molar-refractivity contribution in [2.24, 2.45) is 0 Å². The van der Waals surface area contributed by atoms with Crippen molar-refractivity contribution in [2.45, 2.75) is 13.3 Å². The van der Waals surface area contributed by atoms with Crippen LogP contribution in [0.2, 0.25) is 0 Å². The molecule has 8 heavy (non-hydrogen) atoms. The van der Waals surface area contributed by atoms with E-state index < -0.39 is 0 Å². The lowest BCUT2D eigenvalue weighted by molar-refractivity contribution is -0.127. The maximum absolute atomic E-state index is 10.4. The van der Waals surface area contributed by atoms with Crippen molar-refractivity contribution in [1.29, 1.82) is 0 Å². The van der Waals surface area contributed by atoms with E-state index in [0.29, 0.717) is 0 Å². The van der Waals surface area contributed by atoms with E-state index in [9.17, 15) is 4.79 Å². The molecule has 0 unspecified atom stereocenters. The Labute approximate surface area is 50.5 Å². The fourth-order valence-corrected chi connectivity index (χ4v) is 0.395. The molecule has 2 nitrogen and oxygen atoms in total. The Hall–Kier alpha value is -0.530. The highest BCUT2D eigenvalue weighted by molar-refractivity contribution is 5.72. The molecule has 47 valence electrons. The summed E-state index contributed by atoms with van der Waals surface area (Å²) < 4.78 is 0. The monoisotopic (exact) mass is 114 g/mol. The summed E-state index contributed by atoms with van der Waals surface area (Å²) in [6, 6.07) is 0. The van der Waals surface area contributed by atoms with Gasteiger partial charge in [-0.1, -0.05) is 6.92 Å². The fraction of sp³-hybridized carbons (Fsp3) is 0.667. The van der Waals surface area contributed by atoms with E-state index in [4.69, 9.17) is 0 Å². The Balaban J connectivity index is 3.32. The van der Waals surface area contributed by atoms with E-state index in [1.54, 1.807) is 18.9 Å². The van der Waals surface area contributed by atoms with Gasteiger partial charge >= 0.3 is 0 Å². The van der Waals surface area contributed by atoms with E-state index in [2.05, 4.69) is 6.92 Å². The molecule has 0 fully saturated rings. The van der Waals surface area contributed by atoms with Crippen molar-refractivity contribution >= 4 is 5.91 Å². The first-order valence-electron chi connectivity index (χ1n) is 2.69. The van der Waals surface area contributed by atoms with Crippen LogP contribution in [0.4, 0.5) is 0 Å². The number of amides is 1. The second-order valence-corrected chi connectivity index (χ2v) is 1.79. The number of nitrogens with zero attached hydrogens (tertiary/aromatic N) is 1. The van der Waals surface area contributed by atoms with Gasteiger partial charge in [0.1, 0.15) is 0 Å². The second kappa shape index (κ2) is 3.47. The van der Waals surface area contributed by atoms with Crippen molar-refractivity contribution in [2.75, 3.05) is 13.6 Å². The zero-order valence-corrected chi connectivity index (χ0v) is 5.48. The Bertz CT molecular complexity index is 80.6. The number of carbonyl (C=O) groups excluding carboxylic acids is 1. The zero-order chi connectivity index (χ0) is 6.57. The van der Waals surface area contributed by atoms with Crippen LogP contribution in [0.25, 0.3) is 0 Å². The summed E-state index contributed by atoms with van der Waals surface area (Å²) in [5.41, 5.74) is 0. The predicted octanol–water partition coefficient (Wildman–Crippen LogP) is 0.689. The van der Waals surface area contributed by atoms with Crippen LogP contribution >= 0.6 is 0 Å². The summed E-state index contributed by atoms with van der Waals surface area (Å²) in [5.74, 6) is 0.105. The number of hydrogen-bond acceptors (Lipinski definition) is 1. The third kappa shape index (κ3) is 2.61. The van der Waals surface area contributed by atoms with E-state index in [1.807, 2.05) is 0 Å². The van der Waals surface area contributed by atoms with Gasteiger partial charge in [0, 0.05) is 20.5 Å². The topological polar surface area (TPSA) is 20.3 Å². The molecular weight excluding hydrogens is 102 g/mol. The molecule has 1 radical (unpaired) electrons. The van der Waals surface area contributed by atoms with E-state index in [-0.39, 0.29) is 5.91 Å². The van der Waals surface area contributed by atoms with Crippen LogP contribution in [-0.2, 0) is 4.79 Å². The molecule has 0 aromatic carbocycles. The van der Waals surface area contributed by atoms with Gasteiger partial charge in [0.15, 0.2) is 0 Å². The highest BCUT2D eigenvalue weighted by Crippen LogP contribution is 1.84. The summed E-state index contributed by atoms with van der Waals surface area (Å²) in [7, 11) is 1.77. The van der Waals surface area contributed by atoms with Crippen molar-refractivity contribution in [3.63, 3.8) is 0 Å². The van der Waals surface area contributed by atoms with E-state index in [0.717, 1.165) is 13.0 Å². The van der Waals surface area contributed by atoms with Crippen molar-refractivity contribution < 1.29 is 4.79 Å². The molecule has 0 rings (SSSR count). The molecule has 0 bridgehead atoms. The summed E-state index contributed by atoms with van der Waals surface area (Å²) >= 11 is 0. The Morgan fingerprint density at radius 3 is 2.38 bits per heavy atom. The van der Waals surface area contributed by atoms with Crippen LogP contribution in [-0.4, -0.2) is 24.4 Å². The molecule has 0 saturated heterocycles. The lowest BCUT2D eigenvalue weighted by Gasteiger charge is -2.11. The molecule has 2 heteroatoms. The lowest BCUT2D eigenvalue weighted by atomic mass is 10.4. The van der Waals surface area contributed by atoms with Gasteiger partial charge in [0.2, 0.25) is 5.91 Å². The Kier molecular flexibility index (Phi) is 3.24. The van der Waals surface area contributed by atoms with Gasteiger partial charge in [-0.2, -0.15) is 0 Å². The van der Waals surface area contributed by atoms with Gasteiger partial charge in [-0.15, -0.1) is 0 Å². The van der Waals surface area contributed by atoms with Gasteiger partial charge in [-0.25, -0.2) is 0 Å². The van der Waals surface area contributed by atoms with E-state index >= 15 is 0 Å². The zero-order valence-electron chi connectivity index (χ0n) is 5.48. The maximum Gasteiger partial charge on any atom is 0.219 e. The molecule has 0 aliphatic carbocycles. The molecule has 0 spiro atoms. The molecule has 0 aromatic rings. The second-order valence-electron chi connectivity index (χ2n) is 1.79. The largest absolute Gasteiger partial charge is 0.346 e. The third-order valence-electron chi connectivity index (χ3n) is 1.03. The van der Waals surface area contributed by atoms with Crippen molar-refractivity contribution in [1.82, 2.24) is 4.90 Å². The first kappa shape index (κ1) is 7.47. The standard InChI is InChI=1S/C6H12NO/c1-4-5-7(3)6(2)8/h1,4-5H2,2-3H3. The van der Waals surface area contributed by atoms with Gasteiger partial charge in [-0.05, 0) is 6.42 Å². The molecular formula is C6H12NO.